The number of pyridine rings is 1. The van der Waals surface area contributed by atoms with Gasteiger partial charge in [-0.2, -0.15) is 0 Å². The second-order valence-corrected chi connectivity index (χ2v) is 7.03. The number of carbonyl (C=O) groups excluding carboxylic acids is 1. The van der Waals surface area contributed by atoms with Crippen LogP contribution < -0.4 is 10.9 Å². The van der Waals surface area contributed by atoms with Crippen LogP contribution in [0.4, 0.5) is 0 Å². The Morgan fingerprint density at radius 3 is 2.50 bits per heavy atom. The summed E-state index contributed by atoms with van der Waals surface area (Å²) in [6.07, 6.45) is 7.37. The molecule has 5 heteroatoms. The molecule has 0 unspecified atom stereocenters. The molecule has 2 rings (SSSR count). The molecule has 5 nitrogen and oxygen atoms in total. The van der Waals surface area contributed by atoms with Crippen LogP contribution in [0.2, 0.25) is 0 Å². The molecule has 1 aromatic heterocycles. The lowest BCUT2D eigenvalue weighted by atomic mass is 10.1. The van der Waals surface area contributed by atoms with Gasteiger partial charge in [-0.25, -0.2) is 0 Å². The Morgan fingerprint density at radius 1 is 1.17 bits per heavy atom. The Labute approximate surface area is 144 Å². The third kappa shape index (κ3) is 5.78. The van der Waals surface area contributed by atoms with Crippen molar-refractivity contribution in [2.45, 2.75) is 58.3 Å². The molecule has 0 saturated carbocycles. The molecule has 2 heterocycles. The predicted molar refractivity (Wildman–Crippen MR) is 97.6 cm³/mol. The van der Waals surface area contributed by atoms with E-state index in [0.717, 1.165) is 25.1 Å². The number of nitrogens with one attached hydrogen (secondary N) is 2. The number of carbonyl (C=O) groups is 1. The fraction of sp³-hybridized carbons (Fsp3) is 0.684. The number of nitrogens with zero attached hydrogens (tertiary/aromatic N) is 1. The Kier molecular flexibility index (Phi) is 7.50. The molecule has 0 bridgehead atoms. The van der Waals surface area contributed by atoms with E-state index in [9.17, 15) is 9.59 Å². The minimum absolute atomic E-state index is 0.201. The summed E-state index contributed by atoms with van der Waals surface area (Å²) >= 11 is 0. The molecule has 2 N–H and O–H groups in total. The van der Waals surface area contributed by atoms with Crippen molar-refractivity contribution in [3.05, 3.63) is 33.7 Å². The first-order valence-corrected chi connectivity index (χ1v) is 9.31. The number of aromatic nitrogens is 1. The van der Waals surface area contributed by atoms with Crippen molar-refractivity contribution in [1.82, 2.24) is 15.2 Å². The normalized spacial score (nSPS) is 16.1. The highest BCUT2D eigenvalue weighted by atomic mass is 16.2. The number of amides is 1. The highest BCUT2D eigenvalue weighted by Crippen LogP contribution is 2.10. The summed E-state index contributed by atoms with van der Waals surface area (Å²) in [5.41, 5.74) is 0.754. The molecule has 0 aromatic carbocycles. The van der Waals surface area contributed by atoms with Crippen LogP contribution in [0.3, 0.4) is 0 Å². The van der Waals surface area contributed by atoms with Crippen LogP contribution in [0.1, 0.15) is 74.3 Å². The number of rotatable bonds is 7. The van der Waals surface area contributed by atoms with E-state index in [1.54, 1.807) is 6.07 Å². The van der Waals surface area contributed by atoms with Gasteiger partial charge in [0.15, 0.2) is 0 Å². The van der Waals surface area contributed by atoms with E-state index in [1.807, 2.05) is 19.9 Å². The summed E-state index contributed by atoms with van der Waals surface area (Å²) in [6.45, 7) is 8.18. The smallest absolute Gasteiger partial charge is 0.261 e. The van der Waals surface area contributed by atoms with Crippen molar-refractivity contribution in [2.24, 2.45) is 0 Å². The van der Waals surface area contributed by atoms with Crippen LogP contribution in [0.15, 0.2) is 16.9 Å². The van der Waals surface area contributed by atoms with Gasteiger partial charge in [-0.05, 0) is 63.4 Å². The molecular formula is C19H31N3O2. The van der Waals surface area contributed by atoms with Gasteiger partial charge in [0.1, 0.15) is 5.56 Å². The number of unbranched alkanes of at least 4 members (excludes halogenated alkanes) is 1. The number of aromatic amines is 1. The van der Waals surface area contributed by atoms with Crippen molar-refractivity contribution in [2.75, 3.05) is 26.2 Å². The summed E-state index contributed by atoms with van der Waals surface area (Å²) in [4.78, 5) is 29.4. The Bertz CT molecular complexity index is 572. The lowest BCUT2D eigenvalue weighted by Crippen LogP contribution is -2.31. The summed E-state index contributed by atoms with van der Waals surface area (Å²) in [6, 6.07) is 3.45. The molecule has 0 aliphatic carbocycles. The van der Waals surface area contributed by atoms with Gasteiger partial charge in [-0.3, -0.25) is 9.59 Å². The summed E-state index contributed by atoms with van der Waals surface area (Å²) in [5.74, 6) is -0.0323. The van der Waals surface area contributed by atoms with Gasteiger partial charge in [-0.1, -0.05) is 26.7 Å². The first-order chi connectivity index (χ1) is 11.6. The second kappa shape index (κ2) is 9.62. The molecule has 0 atom stereocenters. The SMILES string of the molecule is CC(C)c1ccc(C(=O)NCCCCN2CCCCCC2)c(=O)[nH]1. The minimum atomic E-state index is -0.303. The molecule has 1 fully saturated rings. The number of hydrogen-bond donors (Lipinski definition) is 2. The quantitative estimate of drug-likeness (QED) is 0.754. The van der Waals surface area contributed by atoms with Gasteiger partial charge >= 0.3 is 0 Å². The largest absolute Gasteiger partial charge is 0.352 e. The molecule has 1 amide bonds. The lowest BCUT2D eigenvalue weighted by molar-refractivity contribution is 0.0951. The maximum absolute atomic E-state index is 12.1. The molecule has 1 aliphatic heterocycles. The van der Waals surface area contributed by atoms with Crippen molar-refractivity contribution in [3.63, 3.8) is 0 Å². The van der Waals surface area contributed by atoms with Crippen LogP contribution in [-0.4, -0.2) is 42.0 Å². The van der Waals surface area contributed by atoms with Crippen LogP contribution >= 0.6 is 0 Å². The van der Waals surface area contributed by atoms with E-state index in [4.69, 9.17) is 0 Å². The van der Waals surface area contributed by atoms with E-state index in [2.05, 4.69) is 15.2 Å². The average Bonchev–Trinajstić information content (AvgIpc) is 2.83. The van der Waals surface area contributed by atoms with Gasteiger partial charge in [0.2, 0.25) is 0 Å². The van der Waals surface area contributed by atoms with Crippen LogP contribution in [0.5, 0.6) is 0 Å². The summed E-state index contributed by atoms with van der Waals surface area (Å²) < 4.78 is 0. The first kappa shape index (κ1) is 18.7. The molecule has 0 radical (unpaired) electrons. The summed E-state index contributed by atoms with van der Waals surface area (Å²) in [5, 5.41) is 2.86. The monoisotopic (exact) mass is 333 g/mol. The third-order valence-electron chi connectivity index (χ3n) is 4.68. The highest BCUT2D eigenvalue weighted by molar-refractivity contribution is 5.93. The van der Waals surface area contributed by atoms with Gasteiger partial charge < -0.3 is 15.2 Å². The fourth-order valence-corrected chi connectivity index (χ4v) is 3.12. The average molecular weight is 333 g/mol. The van der Waals surface area contributed by atoms with E-state index < -0.39 is 0 Å². The third-order valence-corrected chi connectivity index (χ3v) is 4.68. The van der Waals surface area contributed by atoms with Gasteiger partial charge in [0.05, 0.1) is 0 Å². The van der Waals surface area contributed by atoms with Crippen LogP contribution in [0.25, 0.3) is 0 Å². The number of H-pyrrole nitrogens is 1. The van der Waals surface area contributed by atoms with Crippen LogP contribution in [-0.2, 0) is 0 Å². The molecule has 1 saturated heterocycles. The molecule has 24 heavy (non-hydrogen) atoms. The zero-order valence-electron chi connectivity index (χ0n) is 15.1. The zero-order valence-corrected chi connectivity index (χ0v) is 15.1. The Balaban J connectivity index is 1.70. The van der Waals surface area contributed by atoms with Crippen LogP contribution in [0, 0.1) is 0 Å². The number of likely N-dealkylation sites (tertiary alicyclic amines) is 1. The Morgan fingerprint density at radius 2 is 1.88 bits per heavy atom. The first-order valence-electron chi connectivity index (χ1n) is 9.31. The molecular weight excluding hydrogens is 302 g/mol. The van der Waals surface area contributed by atoms with E-state index >= 15 is 0 Å². The Hall–Kier alpha value is -1.62. The maximum Gasteiger partial charge on any atom is 0.261 e. The van der Waals surface area contributed by atoms with Gasteiger partial charge in [-0.15, -0.1) is 0 Å². The maximum atomic E-state index is 12.1. The van der Waals surface area contributed by atoms with Gasteiger partial charge in [0, 0.05) is 12.2 Å². The molecule has 1 aromatic rings. The van der Waals surface area contributed by atoms with E-state index in [0.29, 0.717) is 6.54 Å². The highest BCUT2D eigenvalue weighted by Gasteiger charge is 2.12. The molecule has 134 valence electrons. The van der Waals surface area contributed by atoms with E-state index in [-0.39, 0.29) is 22.9 Å². The van der Waals surface area contributed by atoms with Crippen molar-refractivity contribution >= 4 is 5.91 Å². The van der Waals surface area contributed by atoms with Crippen molar-refractivity contribution in [1.29, 1.82) is 0 Å². The minimum Gasteiger partial charge on any atom is -0.352 e. The second-order valence-electron chi connectivity index (χ2n) is 7.03. The molecule has 1 aliphatic rings. The standard InChI is InChI=1S/C19H31N3O2/c1-15(2)17-10-9-16(19(24)21-17)18(23)20-11-5-8-14-22-12-6-3-4-7-13-22/h9-10,15H,3-8,11-14H2,1-2H3,(H,20,23)(H,21,24). The van der Waals surface area contributed by atoms with E-state index in [1.165, 1.54) is 38.8 Å². The lowest BCUT2D eigenvalue weighted by Gasteiger charge is -2.19. The summed E-state index contributed by atoms with van der Waals surface area (Å²) in [7, 11) is 0. The fourth-order valence-electron chi connectivity index (χ4n) is 3.12. The topological polar surface area (TPSA) is 65.2 Å². The van der Waals surface area contributed by atoms with Crippen molar-refractivity contribution < 1.29 is 4.79 Å². The number of hydrogen-bond acceptors (Lipinski definition) is 3. The molecule has 0 spiro atoms. The predicted octanol–water partition coefficient (Wildman–Crippen LogP) is 2.88. The van der Waals surface area contributed by atoms with Gasteiger partial charge in [0.25, 0.3) is 11.5 Å². The zero-order chi connectivity index (χ0) is 17.4. The van der Waals surface area contributed by atoms with Crippen molar-refractivity contribution in [3.8, 4) is 0 Å².